The molecule has 2 N–H and O–H groups in total. The zero-order chi connectivity index (χ0) is 20.8. The highest BCUT2D eigenvalue weighted by Crippen LogP contribution is 2.26. The second-order valence-electron chi connectivity index (χ2n) is 5.95. The Hall–Kier alpha value is -2.55. The Morgan fingerprint density at radius 2 is 2.00 bits per heavy atom. The van der Waals surface area contributed by atoms with Crippen molar-refractivity contribution in [3.63, 3.8) is 0 Å². The van der Waals surface area contributed by atoms with E-state index in [1.807, 2.05) is 12.1 Å². The molecule has 1 unspecified atom stereocenters. The lowest BCUT2D eigenvalue weighted by Gasteiger charge is -2.08. The minimum absolute atomic E-state index is 0.256. The molecule has 2 aromatic rings. The maximum atomic E-state index is 11.7. The van der Waals surface area contributed by atoms with Gasteiger partial charge in [-0.15, -0.1) is 5.10 Å². The predicted molar refractivity (Wildman–Crippen MR) is 114 cm³/mol. The third-order valence-corrected chi connectivity index (χ3v) is 5.37. The summed E-state index contributed by atoms with van der Waals surface area (Å²) in [4.78, 5) is 22.4. The van der Waals surface area contributed by atoms with Crippen LogP contribution in [0.5, 0.6) is 5.75 Å². The highest BCUT2D eigenvalue weighted by atomic mass is 35.5. The molecule has 1 atom stereocenters. The maximum Gasteiger partial charge on any atom is 0.305 e. The van der Waals surface area contributed by atoms with Crippen LogP contribution in [0.2, 0.25) is 10.0 Å². The molecule has 150 valence electrons. The van der Waals surface area contributed by atoms with E-state index in [9.17, 15) is 9.59 Å². The molecular weight excluding hydrogens is 437 g/mol. The van der Waals surface area contributed by atoms with E-state index in [2.05, 4.69) is 15.5 Å². The molecule has 0 radical (unpaired) electrons. The largest absolute Gasteiger partial charge is 0.487 e. The summed E-state index contributed by atoms with van der Waals surface area (Å²) in [6.07, 6.45) is 1.20. The first-order valence-corrected chi connectivity index (χ1v) is 10.0. The summed E-state index contributed by atoms with van der Waals surface area (Å²) in [6.45, 7) is 0.354. The van der Waals surface area contributed by atoms with Crippen LogP contribution < -0.4 is 10.1 Å². The van der Waals surface area contributed by atoms with Crippen LogP contribution in [0.25, 0.3) is 0 Å². The van der Waals surface area contributed by atoms with E-state index in [0.717, 1.165) is 17.3 Å². The molecule has 1 aliphatic heterocycles. The molecule has 7 nitrogen and oxygen atoms in total. The normalized spacial score (nSPS) is 17.7. The quantitative estimate of drug-likeness (QED) is 0.489. The van der Waals surface area contributed by atoms with Crippen molar-refractivity contribution in [1.82, 2.24) is 5.32 Å². The lowest BCUT2D eigenvalue weighted by atomic mass is 10.2. The summed E-state index contributed by atoms with van der Waals surface area (Å²) in [5.41, 5.74) is 1.65. The summed E-state index contributed by atoms with van der Waals surface area (Å²) in [5.74, 6) is -0.910. The van der Waals surface area contributed by atoms with Crippen LogP contribution in [0.15, 0.2) is 52.7 Å². The minimum Gasteiger partial charge on any atom is -0.487 e. The number of amidine groups is 1. The van der Waals surface area contributed by atoms with Crippen molar-refractivity contribution < 1.29 is 19.4 Å². The van der Waals surface area contributed by atoms with Crippen LogP contribution in [0.4, 0.5) is 0 Å². The van der Waals surface area contributed by atoms with Gasteiger partial charge in [-0.1, -0.05) is 47.1 Å². The molecule has 1 heterocycles. The van der Waals surface area contributed by atoms with E-state index in [1.54, 1.807) is 30.3 Å². The smallest absolute Gasteiger partial charge is 0.305 e. The average molecular weight is 452 g/mol. The third kappa shape index (κ3) is 6.22. The van der Waals surface area contributed by atoms with Gasteiger partial charge >= 0.3 is 5.97 Å². The molecule has 10 heteroatoms. The lowest BCUT2D eigenvalue weighted by Crippen LogP contribution is -2.26. The van der Waals surface area contributed by atoms with Gasteiger partial charge in [0, 0.05) is 5.02 Å². The maximum absolute atomic E-state index is 11.7. The number of aliphatic carboxylic acids is 1. The summed E-state index contributed by atoms with van der Waals surface area (Å²) in [5, 5.41) is 19.7. The number of nitrogens with one attached hydrogen (secondary N) is 1. The van der Waals surface area contributed by atoms with Crippen molar-refractivity contribution in [2.75, 3.05) is 0 Å². The first-order valence-electron chi connectivity index (χ1n) is 8.38. The molecule has 3 rings (SSSR count). The Bertz CT molecular complexity index is 980. The standard InChI is InChI=1S/C19H15Cl2N3O4S/c20-13-4-1-11(2-5-13)10-28-15-6-3-12(7-14(15)21)9-22-24-19-23-18(27)16(29-19)8-17(25)26/h1-7,9,16H,8,10H2,(H,25,26)(H,23,24,27). The molecule has 0 bridgehead atoms. The molecule has 0 aliphatic carbocycles. The van der Waals surface area contributed by atoms with Gasteiger partial charge in [0.05, 0.1) is 17.7 Å². The zero-order valence-electron chi connectivity index (χ0n) is 14.8. The van der Waals surface area contributed by atoms with Crippen LogP contribution in [0.3, 0.4) is 0 Å². The highest BCUT2D eigenvalue weighted by molar-refractivity contribution is 8.15. The molecule has 1 fully saturated rings. The van der Waals surface area contributed by atoms with Gasteiger partial charge in [-0.05, 0) is 41.5 Å². The lowest BCUT2D eigenvalue weighted by molar-refractivity contribution is -0.138. The van der Waals surface area contributed by atoms with E-state index in [1.165, 1.54) is 6.21 Å². The van der Waals surface area contributed by atoms with E-state index < -0.39 is 17.1 Å². The van der Waals surface area contributed by atoms with E-state index >= 15 is 0 Å². The van der Waals surface area contributed by atoms with Gasteiger partial charge in [0.15, 0.2) is 5.17 Å². The van der Waals surface area contributed by atoms with E-state index in [-0.39, 0.29) is 11.6 Å². The van der Waals surface area contributed by atoms with E-state index in [4.69, 9.17) is 33.0 Å². The number of ether oxygens (including phenoxy) is 1. The van der Waals surface area contributed by atoms with Gasteiger partial charge in [-0.3, -0.25) is 9.59 Å². The SMILES string of the molecule is O=C(O)CC1SC(=NN=Cc2ccc(OCc3ccc(Cl)cc3)c(Cl)c2)NC1=O. The predicted octanol–water partition coefficient (Wildman–Crippen LogP) is 3.97. The number of hydrogen-bond donors (Lipinski definition) is 2. The summed E-state index contributed by atoms with van der Waals surface area (Å²) < 4.78 is 5.71. The molecule has 1 saturated heterocycles. The molecule has 29 heavy (non-hydrogen) atoms. The summed E-state index contributed by atoms with van der Waals surface area (Å²) >= 11 is 13.1. The van der Waals surface area contributed by atoms with Crippen LogP contribution in [-0.2, 0) is 16.2 Å². The number of carboxylic acid groups (broad SMARTS) is 1. The number of hydrogen-bond acceptors (Lipinski definition) is 6. The van der Waals surface area contributed by atoms with Gasteiger partial charge in [0.1, 0.15) is 17.6 Å². The minimum atomic E-state index is -1.05. The van der Waals surface area contributed by atoms with Crippen LogP contribution in [0, 0.1) is 0 Å². The molecule has 2 aromatic carbocycles. The van der Waals surface area contributed by atoms with Gasteiger partial charge in [0.25, 0.3) is 0 Å². The summed E-state index contributed by atoms with van der Waals surface area (Å²) in [6, 6.07) is 12.5. The highest BCUT2D eigenvalue weighted by Gasteiger charge is 2.32. The average Bonchev–Trinajstić information content (AvgIpc) is 3.01. The molecule has 1 aliphatic rings. The number of carboxylic acids is 1. The number of rotatable bonds is 7. The number of thioether (sulfide) groups is 1. The fourth-order valence-corrected chi connectivity index (χ4v) is 3.63. The van der Waals surface area contributed by atoms with Crippen molar-refractivity contribution >= 4 is 58.2 Å². The Balaban J connectivity index is 1.58. The molecule has 0 saturated carbocycles. The van der Waals surface area contributed by atoms with Crippen LogP contribution >= 0.6 is 35.0 Å². The number of nitrogens with zero attached hydrogens (tertiary/aromatic N) is 2. The van der Waals surface area contributed by atoms with Gasteiger partial charge in [0.2, 0.25) is 5.91 Å². The third-order valence-electron chi connectivity index (χ3n) is 3.76. The Kier molecular flexibility index (Phi) is 7.13. The first kappa shape index (κ1) is 21.2. The topological polar surface area (TPSA) is 100 Å². The summed E-state index contributed by atoms with van der Waals surface area (Å²) in [7, 11) is 0. The van der Waals surface area contributed by atoms with E-state index in [0.29, 0.717) is 28.0 Å². The Labute approximate surface area is 180 Å². The van der Waals surface area contributed by atoms with Crippen molar-refractivity contribution in [1.29, 1.82) is 0 Å². The number of benzene rings is 2. The van der Waals surface area contributed by atoms with Crippen molar-refractivity contribution in [3.05, 3.63) is 63.6 Å². The monoisotopic (exact) mass is 451 g/mol. The van der Waals surface area contributed by atoms with Crippen LogP contribution in [-0.4, -0.2) is 33.6 Å². The molecule has 0 aromatic heterocycles. The Morgan fingerprint density at radius 1 is 1.24 bits per heavy atom. The van der Waals surface area contributed by atoms with Crippen molar-refractivity contribution in [2.24, 2.45) is 10.2 Å². The second-order valence-corrected chi connectivity index (χ2v) is 7.98. The fourth-order valence-electron chi connectivity index (χ4n) is 2.35. The van der Waals surface area contributed by atoms with Gasteiger partial charge in [-0.2, -0.15) is 5.10 Å². The second kappa shape index (κ2) is 9.78. The first-order chi connectivity index (χ1) is 13.9. The fraction of sp³-hybridized carbons (Fsp3) is 0.158. The molecular formula is C19H15Cl2N3O4S. The number of halogens is 2. The van der Waals surface area contributed by atoms with Crippen LogP contribution in [0.1, 0.15) is 17.5 Å². The van der Waals surface area contributed by atoms with Gasteiger partial charge in [-0.25, -0.2) is 0 Å². The Morgan fingerprint density at radius 3 is 2.69 bits per heavy atom. The van der Waals surface area contributed by atoms with Crippen molar-refractivity contribution in [3.8, 4) is 5.75 Å². The number of amides is 1. The number of carbonyl (C=O) groups is 2. The zero-order valence-corrected chi connectivity index (χ0v) is 17.2. The molecule has 1 amide bonds. The van der Waals surface area contributed by atoms with Crippen molar-refractivity contribution in [2.45, 2.75) is 18.3 Å². The molecule has 0 spiro atoms. The van der Waals surface area contributed by atoms with Gasteiger partial charge < -0.3 is 15.2 Å². The number of carbonyl (C=O) groups excluding carboxylic acids is 1.